The molecular formula is C26H29N5O2. The Morgan fingerprint density at radius 1 is 1.12 bits per heavy atom. The minimum absolute atomic E-state index is 0.0225. The van der Waals surface area contributed by atoms with Gasteiger partial charge in [0.05, 0.1) is 23.6 Å². The van der Waals surface area contributed by atoms with Crippen molar-refractivity contribution in [2.24, 2.45) is 0 Å². The van der Waals surface area contributed by atoms with Crippen molar-refractivity contribution in [2.45, 2.75) is 19.9 Å². The summed E-state index contributed by atoms with van der Waals surface area (Å²) in [5.74, 6) is 1.25. The lowest BCUT2D eigenvalue weighted by molar-refractivity contribution is 0.0857. The second-order valence-corrected chi connectivity index (χ2v) is 8.49. The predicted molar refractivity (Wildman–Crippen MR) is 132 cm³/mol. The van der Waals surface area contributed by atoms with E-state index in [0.717, 1.165) is 35.5 Å². The van der Waals surface area contributed by atoms with Gasteiger partial charge in [-0.3, -0.25) is 4.79 Å². The first-order valence-corrected chi connectivity index (χ1v) is 11.0. The average molecular weight is 444 g/mol. The predicted octanol–water partition coefficient (Wildman–Crippen LogP) is 4.32. The van der Waals surface area contributed by atoms with Gasteiger partial charge < -0.3 is 25.7 Å². The lowest BCUT2D eigenvalue weighted by atomic mass is 9.99. The number of aromatic nitrogens is 1. The Morgan fingerprint density at radius 3 is 2.55 bits per heavy atom. The van der Waals surface area contributed by atoms with Gasteiger partial charge in [-0.25, -0.2) is 4.98 Å². The Morgan fingerprint density at radius 2 is 1.88 bits per heavy atom. The second kappa shape index (κ2) is 9.42. The number of nitrogens with zero attached hydrogens (tertiary/aromatic N) is 2. The Bertz CT molecular complexity index is 1200. The Kier molecular flexibility index (Phi) is 6.42. The molecule has 0 radical (unpaired) electrons. The van der Waals surface area contributed by atoms with Gasteiger partial charge in [-0.05, 0) is 55.8 Å². The summed E-state index contributed by atoms with van der Waals surface area (Å²) in [4.78, 5) is 19.1. The van der Waals surface area contributed by atoms with Gasteiger partial charge in [0.1, 0.15) is 17.2 Å². The van der Waals surface area contributed by atoms with Crippen LogP contribution in [0.4, 0.5) is 5.69 Å². The number of pyridine rings is 1. The van der Waals surface area contributed by atoms with Crippen molar-refractivity contribution < 1.29 is 9.53 Å². The van der Waals surface area contributed by atoms with Crippen molar-refractivity contribution in [3.63, 3.8) is 0 Å². The number of hydrogen-bond acceptors (Lipinski definition) is 6. The van der Waals surface area contributed by atoms with E-state index in [1.807, 2.05) is 62.5 Å². The van der Waals surface area contributed by atoms with Crippen molar-refractivity contribution in [3.8, 4) is 22.6 Å². The van der Waals surface area contributed by atoms with Crippen LogP contribution in [0.5, 0.6) is 11.5 Å². The number of aryl methyl sites for hydroxylation is 1. The van der Waals surface area contributed by atoms with Gasteiger partial charge in [0.15, 0.2) is 0 Å². The molecule has 0 atom stereocenters. The molecule has 1 aliphatic heterocycles. The van der Waals surface area contributed by atoms with Gasteiger partial charge in [-0.1, -0.05) is 24.3 Å². The van der Waals surface area contributed by atoms with Gasteiger partial charge in [0.2, 0.25) is 0 Å². The minimum atomic E-state index is -0.0225. The third-order valence-corrected chi connectivity index (χ3v) is 5.76. The number of carbonyl (C=O) groups is 1. The number of likely N-dealkylation sites (N-methyl/N-ethyl adjacent to an activating group) is 1. The molecule has 0 bridgehead atoms. The Labute approximate surface area is 194 Å². The molecule has 33 heavy (non-hydrogen) atoms. The molecular weight excluding hydrogens is 414 g/mol. The highest BCUT2D eigenvalue weighted by Crippen LogP contribution is 2.30. The zero-order chi connectivity index (χ0) is 23.5. The molecule has 7 nitrogen and oxygen atoms in total. The maximum Gasteiger partial charge on any atom is 0.251 e. The van der Waals surface area contributed by atoms with E-state index in [2.05, 4.69) is 20.5 Å². The maximum absolute atomic E-state index is 12.6. The highest BCUT2D eigenvalue weighted by molar-refractivity contribution is 5.99. The second-order valence-electron chi connectivity index (χ2n) is 8.49. The van der Waals surface area contributed by atoms with Crippen molar-refractivity contribution in [1.29, 1.82) is 5.41 Å². The van der Waals surface area contributed by atoms with Gasteiger partial charge >= 0.3 is 0 Å². The number of amides is 1. The molecule has 1 fully saturated rings. The minimum Gasteiger partial charge on any atom is -0.456 e. The highest BCUT2D eigenvalue weighted by Gasteiger charge is 2.25. The lowest BCUT2D eigenvalue weighted by Crippen LogP contribution is -2.57. The largest absolute Gasteiger partial charge is 0.456 e. The van der Waals surface area contributed by atoms with E-state index in [-0.39, 0.29) is 11.9 Å². The Balaban J connectivity index is 1.51. The number of ether oxygens (including phenoxy) is 1. The summed E-state index contributed by atoms with van der Waals surface area (Å²) in [6.45, 7) is 5.45. The van der Waals surface area contributed by atoms with Crippen LogP contribution in [-0.2, 0) is 0 Å². The van der Waals surface area contributed by atoms with E-state index in [1.54, 1.807) is 20.2 Å². The number of nitrogens with one attached hydrogen (secondary N) is 3. The smallest absolute Gasteiger partial charge is 0.251 e. The van der Waals surface area contributed by atoms with Crippen LogP contribution >= 0.6 is 0 Å². The lowest BCUT2D eigenvalue weighted by Gasteiger charge is -2.36. The summed E-state index contributed by atoms with van der Waals surface area (Å²) >= 11 is 0. The molecule has 0 spiro atoms. The average Bonchev–Trinajstić information content (AvgIpc) is 2.77. The zero-order valence-corrected chi connectivity index (χ0v) is 19.4. The summed E-state index contributed by atoms with van der Waals surface area (Å²) in [6.07, 6.45) is 1.62. The van der Waals surface area contributed by atoms with E-state index in [9.17, 15) is 4.79 Å². The van der Waals surface area contributed by atoms with E-state index in [4.69, 9.17) is 10.1 Å². The summed E-state index contributed by atoms with van der Waals surface area (Å²) in [5, 5.41) is 14.0. The molecule has 1 aromatic heterocycles. The molecule has 4 rings (SSSR count). The molecule has 7 heteroatoms. The first-order valence-electron chi connectivity index (χ1n) is 11.0. The van der Waals surface area contributed by atoms with Gasteiger partial charge in [0.25, 0.3) is 5.91 Å². The van der Waals surface area contributed by atoms with Gasteiger partial charge in [0, 0.05) is 31.8 Å². The fourth-order valence-corrected chi connectivity index (χ4v) is 4.02. The zero-order valence-electron chi connectivity index (χ0n) is 19.4. The molecule has 2 aromatic carbocycles. The highest BCUT2D eigenvalue weighted by atomic mass is 16.5. The summed E-state index contributed by atoms with van der Waals surface area (Å²) in [7, 11) is 3.84. The van der Waals surface area contributed by atoms with Crippen LogP contribution < -0.4 is 15.4 Å². The van der Waals surface area contributed by atoms with Crippen molar-refractivity contribution in [1.82, 2.24) is 15.2 Å². The first-order chi connectivity index (χ1) is 15.8. The summed E-state index contributed by atoms with van der Waals surface area (Å²) in [5.41, 5.74) is 5.38. The molecule has 1 saturated heterocycles. The van der Waals surface area contributed by atoms with Crippen molar-refractivity contribution in [3.05, 3.63) is 71.5 Å². The monoisotopic (exact) mass is 443 g/mol. The normalized spacial score (nSPS) is 13.8. The number of benzene rings is 2. The molecule has 170 valence electrons. The van der Waals surface area contributed by atoms with E-state index in [1.165, 1.54) is 0 Å². The number of anilines is 1. The molecule has 3 N–H and O–H groups in total. The van der Waals surface area contributed by atoms with Crippen LogP contribution in [0.1, 0.15) is 28.5 Å². The molecule has 1 amide bonds. The van der Waals surface area contributed by atoms with Crippen LogP contribution in [-0.4, -0.2) is 54.7 Å². The quantitative estimate of drug-likeness (QED) is 0.473. The third-order valence-electron chi connectivity index (χ3n) is 5.76. The number of likely N-dealkylation sites (tertiary alicyclic amines) is 1. The number of hydrogen-bond donors (Lipinski definition) is 3. The molecule has 0 aliphatic carbocycles. The van der Waals surface area contributed by atoms with E-state index >= 15 is 0 Å². The summed E-state index contributed by atoms with van der Waals surface area (Å²) in [6, 6.07) is 15.8. The van der Waals surface area contributed by atoms with Crippen LogP contribution in [0, 0.1) is 12.3 Å². The van der Waals surface area contributed by atoms with E-state index in [0.29, 0.717) is 28.5 Å². The van der Waals surface area contributed by atoms with Crippen LogP contribution in [0.2, 0.25) is 0 Å². The van der Waals surface area contributed by atoms with Crippen molar-refractivity contribution in [2.75, 3.05) is 32.5 Å². The van der Waals surface area contributed by atoms with E-state index < -0.39 is 0 Å². The summed E-state index contributed by atoms with van der Waals surface area (Å²) < 4.78 is 6.04. The fourth-order valence-electron chi connectivity index (χ4n) is 4.02. The molecule has 2 heterocycles. The SMILES string of the molecule is CNc1cc(Oc2cccc(-c3ccc(C(=O)NC4CN(C)C4)c(C)c3)c2)cnc1C(C)=N. The van der Waals surface area contributed by atoms with Crippen molar-refractivity contribution >= 4 is 17.3 Å². The molecule has 0 saturated carbocycles. The maximum atomic E-state index is 12.6. The van der Waals surface area contributed by atoms with Crippen LogP contribution in [0.3, 0.4) is 0 Å². The third kappa shape index (κ3) is 5.04. The molecule has 1 aliphatic rings. The molecule has 0 unspecified atom stereocenters. The van der Waals surface area contributed by atoms with Crippen LogP contribution in [0.25, 0.3) is 11.1 Å². The van der Waals surface area contributed by atoms with Gasteiger partial charge in [-0.15, -0.1) is 0 Å². The number of rotatable bonds is 7. The Hall–Kier alpha value is -3.71. The fraction of sp³-hybridized carbons (Fsp3) is 0.269. The first kappa shape index (κ1) is 22.5. The van der Waals surface area contributed by atoms with Crippen LogP contribution in [0.15, 0.2) is 54.7 Å². The standard InChI is InChI=1S/C26H29N5O2/c1-16-10-19(8-9-23(16)26(32)30-20-14-31(4)15-20)18-6-5-7-21(11-18)33-22-12-24(28-3)25(17(2)27)29-13-22/h5-13,20,27-28H,14-15H2,1-4H3,(H,30,32). The number of carbonyl (C=O) groups excluding carboxylic acids is 1. The molecule has 3 aromatic rings. The van der Waals surface area contributed by atoms with Gasteiger partial charge in [-0.2, -0.15) is 0 Å². The topological polar surface area (TPSA) is 90.3 Å².